The highest BCUT2D eigenvalue weighted by Crippen LogP contribution is 2.22. The molecular formula is C20H27N3O4. The van der Waals surface area contributed by atoms with Crippen LogP contribution in [-0.4, -0.2) is 44.1 Å². The van der Waals surface area contributed by atoms with Gasteiger partial charge in [0.25, 0.3) is 0 Å². The van der Waals surface area contributed by atoms with Crippen molar-refractivity contribution in [2.75, 3.05) is 13.1 Å². The number of aryl methyl sites for hydroxylation is 2. The molecule has 27 heavy (non-hydrogen) atoms. The lowest BCUT2D eigenvalue weighted by molar-refractivity contribution is -0.146. The maximum Gasteiger partial charge on any atom is 0.329 e. The highest BCUT2D eigenvalue weighted by atomic mass is 16.4. The highest BCUT2D eigenvalue weighted by Gasteiger charge is 2.31. The zero-order valence-electron chi connectivity index (χ0n) is 15.9. The molecule has 3 rings (SSSR count). The number of imidazole rings is 1. The standard InChI is InChI=1S/C20H27N3O4/c1-3-9-22-16-6-4-5-7-17(16)23(20(22)27)10-8-18(24)21-12-14(2)11-15(13-21)19(25)26/h4-7,14-15H,3,8-13H2,1-2H3,(H,25,26). The van der Waals surface area contributed by atoms with E-state index in [2.05, 4.69) is 0 Å². The first-order valence-electron chi connectivity index (χ1n) is 9.61. The number of benzene rings is 1. The van der Waals surface area contributed by atoms with Crippen LogP contribution >= 0.6 is 0 Å². The van der Waals surface area contributed by atoms with Crippen molar-refractivity contribution in [2.24, 2.45) is 11.8 Å². The van der Waals surface area contributed by atoms with E-state index < -0.39 is 11.9 Å². The summed E-state index contributed by atoms with van der Waals surface area (Å²) in [6.07, 6.45) is 1.65. The Kier molecular flexibility index (Phi) is 5.68. The average Bonchev–Trinajstić information content (AvgIpc) is 2.91. The van der Waals surface area contributed by atoms with Gasteiger partial charge in [-0.2, -0.15) is 0 Å². The fourth-order valence-corrected chi connectivity index (χ4v) is 4.03. The van der Waals surface area contributed by atoms with Gasteiger partial charge in [-0.05, 0) is 30.9 Å². The molecule has 2 atom stereocenters. The van der Waals surface area contributed by atoms with E-state index in [-0.39, 0.29) is 30.5 Å². The van der Waals surface area contributed by atoms with Gasteiger partial charge in [0.1, 0.15) is 0 Å². The van der Waals surface area contributed by atoms with E-state index in [4.69, 9.17) is 0 Å². The minimum absolute atomic E-state index is 0.0907. The Morgan fingerprint density at radius 1 is 1.11 bits per heavy atom. The normalized spacial score (nSPS) is 20.1. The fourth-order valence-electron chi connectivity index (χ4n) is 4.03. The molecule has 1 aliphatic rings. The van der Waals surface area contributed by atoms with Crippen molar-refractivity contribution in [3.05, 3.63) is 34.7 Å². The Balaban J connectivity index is 1.77. The number of hydrogen-bond acceptors (Lipinski definition) is 3. The number of nitrogens with zero attached hydrogens (tertiary/aromatic N) is 3. The molecule has 1 aliphatic heterocycles. The Bertz CT molecular complexity index is 898. The third-order valence-corrected chi connectivity index (χ3v) is 5.28. The molecule has 0 saturated carbocycles. The van der Waals surface area contributed by atoms with Crippen molar-refractivity contribution >= 4 is 22.9 Å². The summed E-state index contributed by atoms with van der Waals surface area (Å²) in [5.74, 6) is -1.28. The van der Waals surface area contributed by atoms with Crippen molar-refractivity contribution in [2.45, 2.75) is 46.2 Å². The number of para-hydroxylation sites is 2. The number of hydrogen-bond donors (Lipinski definition) is 1. The van der Waals surface area contributed by atoms with Gasteiger partial charge in [-0.25, -0.2) is 4.79 Å². The number of piperidine rings is 1. The quantitative estimate of drug-likeness (QED) is 0.841. The third-order valence-electron chi connectivity index (χ3n) is 5.28. The maximum absolute atomic E-state index is 12.8. The molecule has 2 aromatic rings. The van der Waals surface area contributed by atoms with Gasteiger partial charge in [0.05, 0.1) is 17.0 Å². The zero-order chi connectivity index (χ0) is 19.6. The minimum atomic E-state index is -0.849. The van der Waals surface area contributed by atoms with Gasteiger partial charge in [-0.15, -0.1) is 0 Å². The molecule has 1 amide bonds. The second kappa shape index (κ2) is 7.98. The molecule has 1 fully saturated rings. The molecule has 2 heterocycles. The van der Waals surface area contributed by atoms with Gasteiger partial charge in [-0.1, -0.05) is 26.0 Å². The van der Waals surface area contributed by atoms with Gasteiger partial charge >= 0.3 is 11.7 Å². The van der Waals surface area contributed by atoms with Gasteiger partial charge in [-0.3, -0.25) is 18.7 Å². The molecule has 7 nitrogen and oxygen atoms in total. The smallest absolute Gasteiger partial charge is 0.329 e. The van der Waals surface area contributed by atoms with Gasteiger partial charge < -0.3 is 10.0 Å². The summed E-state index contributed by atoms with van der Waals surface area (Å²) in [7, 11) is 0. The molecule has 0 radical (unpaired) electrons. The lowest BCUT2D eigenvalue weighted by Gasteiger charge is -2.34. The van der Waals surface area contributed by atoms with Crippen LogP contribution in [0.15, 0.2) is 29.1 Å². The SMILES string of the molecule is CCCn1c(=O)n(CCC(=O)N2CC(C)CC(C(=O)O)C2)c2ccccc21. The minimum Gasteiger partial charge on any atom is -0.481 e. The molecule has 7 heteroatoms. The number of carboxylic acids is 1. The molecular weight excluding hydrogens is 346 g/mol. The van der Waals surface area contributed by atoms with Crippen LogP contribution < -0.4 is 5.69 Å². The summed E-state index contributed by atoms with van der Waals surface area (Å²) in [6.45, 7) is 5.78. The summed E-state index contributed by atoms with van der Waals surface area (Å²) >= 11 is 0. The first-order valence-corrected chi connectivity index (χ1v) is 9.61. The maximum atomic E-state index is 12.8. The molecule has 2 unspecified atom stereocenters. The molecule has 0 aliphatic carbocycles. The lowest BCUT2D eigenvalue weighted by atomic mass is 9.90. The topological polar surface area (TPSA) is 84.5 Å². The van der Waals surface area contributed by atoms with Crippen LogP contribution in [0.3, 0.4) is 0 Å². The van der Waals surface area contributed by atoms with E-state index in [9.17, 15) is 19.5 Å². The molecule has 1 N–H and O–H groups in total. The number of aromatic nitrogens is 2. The number of rotatable bonds is 6. The van der Waals surface area contributed by atoms with Crippen LogP contribution in [0, 0.1) is 11.8 Å². The number of carbonyl (C=O) groups excluding carboxylic acids is 1. The summed E-state index contributed by atoms with van der Waals surface area (Å²) in [5.41, 5.74) is 1.62. The van der Waals surface area contributed by atoms with Gasteiger partial charge in [0.15, 0.2) is 0 Å². The highest BCUT2D eigenvalue weighted by molar-refractivity contribution is 5.79. The molecule has 1 saturated heterocycles. The third kappa shape index (κ3) is 3.91. The lowest BCUT2D eigenvalue weighted by Crippen LogP contribution is -2.45. The molecule has 1 aromatic carbocycles. The van der Waals surface area contributed by atoms with E-state index in [1.54, 1.807) is 14.0 Å². The van der Waals surface area contributed by atoms with Crippen LogP contribution in [0.2, 0.25) is 0 Å². The van der Waals surface area contributed by atoms with E-state index >= 15 is 0 Å². The molecule has 0 spiro atoms. The van der Waals surface area contributed by atoms with E-state index in [0.29, 0.717) is 26.1 Å². The number of carbonyl (C=O) groups is 2. The van der Waals surface area contributed by atoms with E-state index in [1.165, 1.54) is 0 Å². The van der Waals surface area contributed by atoms with Crippen molar-refractivity contribution in [3.8, 4) is 0 Å². The van der Waals surface area contributed by atoms with Crippen molar-refractivity contribution in [1.29, 1.82) is 0 Å². The van der Waals surface area contributed by atoms with Crippen LogP contribution in [0.5, 0.6) is 0 Å². The first-order chi connectivity index (χ1) is 12.9. The summed E-state index contributed by atoms with van der Waals surface area (Å²) < 4.78 is 3.41. The Hall–Kier alpha value is -2.57. The summed E-state index contributed by atoms with van der Waals surface area (Å²) in [6, 6.07) is 7.62. The Labute approximate surface area is 158 Å². The Morgan fingerprint density at radius 3 is 2.33 bits per heavy atom. The average molecular weight is 373 g/mol. The molecule has 1 aromatic heterocycles. The number of fused-ring (bicyclic) bond motifs is 1. The van der Waals surface area contributed by atoms with E-state index in [0.717, 1.165) is 17.5 Å². The van der Waals surface area contributed by atoms with Crippen molar-refractivity contribution in [3.63, 3.8) is 0 Å². The largest absolute Gasteiger partial charge is 0.481 e. The number of aliphatic carboxylic acids is 1. The summed E-state index contributed by atoms with van der Waals surface area (Å²) in [5, 5.41) is 9.29. The van der Waals surface area contributed by atoms with Crippen LogP contribution in [0.25, 0.3) is 11.0 Å². The van der Waals surface area contributed by atoms with Gasteiger partial charge in [0.2, 0.25) is 5.91 Å². The second-order valence-corrected chi connectivity index (χ2v) is 7.50. The monoisotopic (exact) mass is 373 g/mol. The second-order valence-electron chi connectivity index (χ2n) is 7.50. The van der Waals surface area contributed by atoms with Crippen molar-refractivity contribution < 1.29 is 14.7 Å². The predicted octanol–water partition coefficient (Wildman–Crippen LogP) is 2.17. The summed E-state index contributed by atoms with van der Waals surface area (Å²) in [4.78, 5) is 38.4. The van der Waals surface area contributed by atoms with Crippen molar-refractivity contribution in [1.82, 2.24) is 14.0 Å². The molecule has 146 valence electrons. The van der Waals surface area contributed by atoms with Crippen LogP contribution in [0.4, 0.5) is 0 Å². The Morgan fingerprint density at radius 2 is 1.74 bits per heavy atom. The van der Waals surface area contributed by atoms with Crippen LogP contribution in [0.1, 0.15) is 33.1 Å². The number of amides is 1. The fraction of sp³-hybridized carbons (Fsp3) is 0.550. The van der Waals surface area contributed by atoms with Crippen LogP contribution in [-0.2, 0) is 22.7 Å². The molecule has 0 bridgehead atoms. The van der Waals surface area contributed by atoms with E-state index in [1.807, 2.05) is 38.1 Å². The number of carboxylic acid groups (broad SMARTS) is 1. The zero-order valence-corrected chi connectivity index (χ0v) is 15.9. The number of likely N-dealkylation sites (tertiary alicyclic amines) is 1. The first kappa shape index (κ1) is 19.2. The van der Waals surface area contributed by atoms with Gasteiger partial charge in [0, 0.05) is 32.6 Å². The predicted molar refractivity (Wildman–Crippen MR) is 103 cm³/mol.